The van der Waals surface area contributed by atoms with Crippen molar-refractivity contribution in [1.82, 2.24) is 0 Å². The Balaban J connectivity index is 1.70. The highest BCUT2D eigenvalue weighted by Crippen LogP contribution is 2.31. The Hall–Kier alpha value is -0.180. The molecule has 2 rings (SSSR count). The molecule has 2 saturated carbocycles. The number of ether oxygens (including phenoxy) is 1. The predicted octanol–water partition coefficient (Wildman–Crippen LogP) is 4.06. The van der Waals surface area contributed by atoms with Crippen molar-refractivity contribution in [2.75, 3.05) is 6.61 Å². The third-order valence-electron chi connectivity index (χ3n) is 4.35. The van der Waals surface area contributed by atoms with Gasteiger partial charge in [0.1, 0.15) is 6.17 Å². The molecule has 1 nitrogen and oxygen atoms in total. The summed E-state index contributed by atoms with van der Waals surface area (Å²) >= 11 is 0. The molecule has 2 aliphatic carbocycles. The number of hydrogen-bond acceptors (Lipinski definition) is 1. The maximum atomic E-state index is 13.6. The van der Waals surface area contributed by atoms with Crippen LogP contribution in [0.3, 0.4) is 0 Å². The molecule has 0 aromatic rings. The van der Waals surface area contributed by atoms with E-state index in [9.17, 15) is 8.78 Å². The molecule has 17 heavy (non-hydrogen) atoms. The lowest BCUT2D eigenvalue weighted by Crippen LogP contribution is -2.38. The van der Waals surface area contributed by atoms with Crippen molar-refractivity contribution < 1.29 is 13.5 Å². The molecule has 3 heteroatoms. The van der Waals surface area contributed by atoms with Gasteiger partial charge in [-0.05, 0) is 43.9 Å². The van der Waals surface area contributed by atoms with Crippen LogP contribution in [0, 0.1) is 11.8 Å². The highest BCUT2D eigenvalue weighted by atomic mass is 19.2. The van der Waals surface area contributed by atoms with Gasteiger partial charge >= 0.3 is 0 Å². The van der Waals surface area contributed by atoms with Gasteiger partial charge in [0.2, 0.25) is 0 Å². The van der Waals surface area contributed by atoms with Gasteiger partial charge in [0.15, 0.2) is 6.17 Å². The van der Waals surface area contributed by atoms with Gasteiger partial charge in [0, 0.05) is 6.61 Å². The first-order chi connectivity index (χ1) is 8.16. The Morgan fingerprint density at radius 3 is 2.41 bits per heavy atom. The molecule has 0 N–H and O–H groups in total. The van der Waals surface area contributed by atoms with Crippen molar-refractivity contribution in [2.45, 2.75) is 70.3 Å². The van der Waals surface area contributed by atoms with Gasteiger partial charge in [0.05, 0.1) is 6.10 Å². The summed E-state index contributed by atoms with van der Waals surface area (Å²) < 4.78 is 32.4. The largest absolute Gasteiger partial charge is 0.375 e. The Kier molecular flexibility index (Phi) is 4.78. The second-order valence-electron chi connectivity index (χ2n) is 5.89. The first-order valence-corrected chi connectivity index (χ1v) is 7.06. The molecule has 100 valence electrons. The Morgan fingerprint density at radius 2 is 1.71 bits per heavy atom. The SMILES string of the molecule is CC1CCC(COC2CCCC(F)C2F)CC1. The van der Waals surface area contributed by atoms with Gasteiger partial charge in [-0.3, -0.25) is 0 Å². The first kappa shape index (κ1) is 13.3. The number of hydrogen-bond donors (Lipinski definition) is 0. The van der Waals surface area contributed by atoms with Crippen LogP contribution in [0.4, 0.5) is 8.78 Å². The number of rotatable bonds is 3. The minimum Gasteiger partial charge on any atom is -0.375 e. The van der Waals surface area contributed by atoms with Crippen LogP contribution in [-0.4, -0.2) is 25.1 Å². The van der Waals surface area contributed by atoms with E-state index in [0.717, 1.165) is 12.3 Å². The molecule has 0 aliphatic heterocycles. The highest BCUT2D eigenvalue weighted by molar-refractivity contribution is 4.83. The third-order valence-corrected chi connectivity index (χ3v) is 4.35. The molecule has 0 heterocycles. The molecule has 0 aromatic heterocycles. The number of alkyl halides is 2. The van der Waals surface area contributed by atoms with E-state index in [-0.39, 0.29) is 0 Å². The average Bonchev–Trinajstić information content (AvgIpc) is 2.33. The summed E-state index contributed by atoms with van der Waals surface area (Å²) in [4.78, 5) is 0. The molecular weight excluding hydrogens is 222 g/mol. The average molecular weight is 246 g/mol. The fourth-order valence-electron chi connectivity index (χ4n) is 3.00. The van der Waals surface area contributed by atoms with Gasteiger partial charge in [-0.2, -0.15) is 0 Å². The fourth-order valence-corrected chi connectivity index (χ4v) is 3.00. The predicted molar refractivity (Wildman–Crippen MR) is 64.5 cm³/mol. The quantitative estimate of drug-likeness (QED) is 0.729. The van der Waals surface area contributed by atoms with E-state index in [4.69, 9.17) is 4.74 Å². The molecule has 0 bridgehead atoms. The van der Waals surface area contributed by atoms with Crippen LogP contribution in [-0.2, 0) is 4.74 Å². The highest BCUT2D eigenvalue weighted by Gasteiger charge is 2.34. The molecule has 0 saturated heterocycles. The molecule has 2 aliphatic rings. The molecule has 2 fully saturated rings. The fraction of sp³-hybridized carbons (Fsp3) is 1.00. The van der Waals surface area contributed by atoms with Gasteiger partial charge in [0.25, 0.3) is 0 Å². The standard InChI is InChI=1S/C14H24F2O/c1-10-5-7-11(8-6-10)9-17-13-4-2-3-12(15)14(13)16/h10-14H,2-9H2,1H3. The van der Waals surface area contributed by atoms with Crippen molar-refractivity contribution in [2.24, 2.45) is 11.8 Å². The van der Waals surface area contributed by atoms with Crippen molar-refractivity contribution in [3.8, 4) is 0 Å². The second kappa shape index (κ2) is 6.12. The minimum absolute atomic E-state index is 0.363. The molecule has 0 amide bonds. The van der Waals surface area contributed by atoms with Crippen LogP contribution in [0.15, 0.2) is 0 Å². The second-order valence-corrected chi connectivity index (χ2v) is 5.89. The minimum atomic E-state index is -1.40. The topological polar surface area (TPSA) is 9.23 Å². The van der Waals surface area contributed by atoms with E-state index in [1.807, 2.05) is 0 Å². The summed E-state index contributed by atoms with van der Waals surface area (Å²) in [5, 5.41) is 0. The first-order valence-electron chi connectivity index (χ1n) is 7.06. The van der Waals surface area contributed by atoms with Crippen molar-refractivity contribution in [1.29, 1.82) is 0 Å². The zero-order chi connectivity index (χ0) is 12.3. The van der Waals surface area contributed by atoms with E-state index in [1.165, 1.54) is 25.7 Å². The van der Waals surface area contributed by atoms with Crippen molar-refractivity contribution in [3.63, 3.8) is 0 Å². The molecule has 0 spiro atoms. The van der Waals surface area contributed by atoms with Crippen molar-refractivity contribution in [3.05, 3.63) is 0 Å². The van der Waals surface area contributed by atoms with E-state index < -0.39 is 18.4 Å². The Labute approximate surface area is 103 Å². The van der Waals surface area contributed by atoms with Crippen LogP contribution >= 0.6 is 0 Å². The maximum Gasteiger partial charge on any atom is 0.157 e. The lowest BCUT2D eigenvalue weighted by Gasteiger charge is -2.32. The molecule has 0 radical (unpaired) electrons. The number of halogens is 2. The Morgan fingerprint density at radius 1 is 1.00 bits per heavy atom. The smallest absolute Gasteiger partial charge is 0.157 e. The molecule has 0 aromatic carbocycles. The van der Waals surface area contributed by atoms with E-state index in [0.29, 0.717) is 25.4 Å². The van der Waals surface area contributed by atoms with Gasteiger partial charge in [-0.15, -0.1) is 0 Å². The molecular formula is C14H24F2O. The summed E-state index contributed by atoms with van der Waals surface area (Å²) in [5.74, 6) is 1.39. The van der Waals surface area contributed by atoms with Crippen LogP contribution in [0.1, 0.15) is 51.9 Å². The zero-order valence-electron chi connectivity index (χ0n) is 10.7. The summed E-state index contributed by atoms with van der Waals surface area (Å²) in [6.45, 7) is 2.91. The third kappa shape index (κ3) is 3.64. The van der Waals surface area contributed by atoms with Crippen LogP contribution in [0.2, 0.25) is 0 Å². The van der Waals surface area contributed by atoms with Crippen LogP contribution < -0.4 is 0 Å². The molecule has 3 unspecified atom stereocenters. The lowest BCUT2D eigenvalue weighted by atomic mass is 9.83. The van der Waals surface area contributed by atoms with Crippen molar-refractivity contribution >= 4 is 0 Å². The lowest BCUT2D eigenvalue weighted by molar-refractivity contribution is -0.0693. The van der Waals surface area contributed by atoms with E-state index in [1.54, 1.807) is 0 Å². The van der Waals surface area contributed by atoms with Gasteiger partial charge in [-0.1, -0.05) is 19.8 Å². The summed E-state index contributed by atoms with van der Waals surface area (Å²) in [6, 6.07) is 0. The zero-order valence-corrected chi connectivity index (χ0v) is 10.7. The van der Waals surface area contributed by atoms with E-state index in [2.05, 4.69) is 6.92 Å². The van der Waals surface area contributed by atoms with E-state index >= 15 is 0 Å². The van der Waals surface area contributed by atoms with Gasteiger partial charge < -0.3 is 4.74 Å². The summed E-state index contributed by atoms with van der Waals surface area (Å²) in [7, 11) is 0. The van der Waals surface area contributed by atoms with Crippen LogP contribution in [0.25, 0.3) is 0 Å². The van der Waals surface area contributed by atoms with Gasteiger partial charge in [-0.25, -0.2) is 8.78 Å². The Bertz CT molecular complexity index is 226. The summed E-state index contributed by atoms with van der Waals surface area (Å²) in [6.07, 6.45) is 3.49. The summed E-state index contributed by atoms with van der Waals surface area (Å²) in [5.41, 5.74) is 0. The monoisotopic (exact) mass is 246 g/mol. The molecule has 3 atom stereocenters. The normalized spacial score (nSPS) is 43.6. The van der Waals surface area contributed by atoms with Crippen LogP contribution in [0.5, 0.6) is 0 Å². The maximum absolute atomic E-state index is 13.6.